The minimum Gasteiger partial charge on any atom is -0.336 e. The highest BCUT2D eigenvalue weighted by Gasteiger charge is 2.13. The number of aryl methyl sites for hydroxylation is 1. The van der Waals surface area contributed by atoms with Crippen LogP contribution >= 0.6 is 0 Å². The van der Waals surface area contributed by atoms with Gasteiger partial charge < -0.3 is 4.90 Å². The Labute approximate surface area is 129 Å². The number of nitrogens with zero attached hydrogens (tertiary/aromatic N) is 3. The second kappa shape index (κ2) is 5.93. The van der Waals surface area contributed by atoms with Crippen molar-refractivity contribution in [2.75, 3.05) is 7.05 Å². The van der Waals surface area contributed by atoms with Crippen molar-refractivity contribution in [3.63, 3.8) is 0 Å². The number of rotatable bonds is 3. The number of hydrogen-bond donors (Lipinski definition) is 0. The third kappa shape index (κ3) is 2.96. The van der Waals surface area contributed by atoms with Crippen LogP contribution in [0.4, 0.5) is 0 Å². The number of aromatic nitrogens is 2. The van der Waals surface area contributed by atoms with Gasteiger partial charge in [0, 0.05) is 37.1 Å². The molecule has 4 nitrogen and oxygen atoms in total. The predicted molar refractivity (Wildman–Crippen MR) is 86.5 cm³/mol. The lowest BCUT2D eigenvalue weighted by Crippen LogP contribution is -2.27. The standard InChI is InChI=1S/C18H17N3O/c1-13-4-3-5-17(20-13)18(22)21(2)12-14-6-7-16-11-19-9-8-15(16)10-14/h3-11H,12H2,1-2H3. The molecule has 0 fully saturated rings. The van der Waals surface area contributed by atoms with Crippen molar-refractivity contribution in [2.24, 2.45) is 0 Å². The third-order valence-corrected chi connectivity index (χ3v) is 3.58. The lowest BCUT2D eigenvalue weighted by atomic mass is 10.1. The molecule has 0 unspecified atom stereocenters. The summed E-state index contributed by atoms with van der Waals surface area (Å²) in [7, 11) is 1.79. The van der Waals surface area contributed by atoms with E-state index in [4.69, 9.17) is 0 Å². The first kappa shape index (κ1) is 14.2. The molecular weight excluding hydrogens is 274 g/mol. The maximum absolute atomic E-state index is 12.4. The van der Waals surface area contributed by atoms with Gasteiger partial charge in [-0.1, -0.05) is 18.2 Å². The molecule has 2 aromatic heterocycles. The van der Waals surface area contributed by atoms with E-state index >= 15 is 0 Å². The van der Waals surface area contributed by atoms with Crippen LogP contribution in [0.25, 0.3) is 10.8 Å². The summed E-state index contributed by atoms with van der Waals surface area (Å²) >= 11 is 0. The summed E-state index contributed by atoms with van der Waals surface area (Å²) in [5, 5.41) is 2.22. The number of carbonyl (C=O) groups excluding carboxylic acids is 1. The van der Waals surface area contributed by atoms with Crippen LogP contribution in [0.5, 0.6) is 0 Å². The molecule has 0 aliphatic carbocycles. The van der Waals surface area contributed by atoms with E-state index in [0.29, 0.717) is 12.2 Å². The van der Waals surface area contributed by atoms with Gasteiger partial charge in [0.2, 0.25) is 0 Å². The molecule has 1 aromatic carbocycles. The Morgan fingerprint density at radius 2 is 2.00 bits per heavy atom. The molecule has 3 rings (SSSR count). The first-order chi connectivity index (χ1) is 10.6. The number of benzene rings is 1. The second-order valence-corrected chi connectivity index (χ2v) is 5.38. The van der Waals surface area contributed by atoms with Gasteiger partial charge in [0.1, 0.15) is 5.69 Å². The van der Waals surface area contributed by atoms with E-state index in [1.54, 1.807) is 24.2 Å². The smallest absolute Gasteiger partial charge is 0.272 e. The summed E-state index contributed by atoms with van der Waals surface area (Å²) in [5.41, 5.74) is 2.41. The molecule has 0 radical (unpaired) electrons. The van der Waals surface area contributed by atoms with Gasteiger partial charge in [0.15, 0.2) is 0 Å². The summed E-state index contributed by atoms with van der Waals surface area (Å²) in [6.45, 7) is 2.43. The normalized spacial score (nSPS) is 10.6. The summed E-state index contributed by atoms with van der Waals surface area (Å²) in [5.74, 6) is -0.0708. The number of pyridine rings is 2. The Hall–Kier alpha value is -2.75. The molecule has 0 aliphatic rings. The third-order valence-electron chi connectivity index (χ3n) is 3.58. The molecule has 0 saturated carbocycles. The Morgan fingerprint density at radius 1 is 1.14 bits per heavy atom. The summed E-state index contributed by atoms with van der Waals surface area (Å²) in [6.07, 6.45) is 3.61. The van der Waals surface area contributed by atoms with Gasteiger partial charge in [-0.2, -0.15) is 0 Å². The van der Waals surface area contributed by atoms with Crippen LogP contribution in [0.2, 0.25) is 0 Å². The topological polar surface area (TPSA) is 46.1 Å². The number of hydrogen-bond acceptors (Lipinski definition) is 3. The van der Waals surface area contributed by atoms with Crippen molar-refractivity contribution in [1.82, 2.24) is 14.9 Å². The lowest BCUT2D eigenvalue weighted by Gasteiger charge is -2.17. The van der Waals surface area contributed by atoms with Gasteiger partial charge in [-0.3, -0.25) is 9.78 Å². The fraction of sp³-hybridized carbons (Fsp3) is 0.167. The molecule has 1 amide bonds. The van der Waals surface area contributed by atoms with Crippen LogP contribution in [-0.2, 0) is 6.54 Å². The number of fused-ring (bicyclic) bond motifs is 1. The van der Waals surface area contributed by atoms with Crippen molar-refractivity contribution in [3.05, 3.63) is 71.8 Å². The zero-order valence-electron chi connectivity index (χ0n) is 12.7. The fourth-order valence-corrected chi connectivity index (χ4v) is 2.43. The van der Waals surface area contributed by atoms with Gasteiger partial charge in [0.25, 0.3) is 5.91 Å². The monoisotopic (exact) mass is 291 g/mol. The first-order valence-electron chi connectivity index (χ1n) is 7.15. The molecule has 4 heteroatoms. The van der Waals surface area contributed by atoms with Crippen LogP contribution < -0.4 is 0 Å². The molecular formula is C18H17N3O. The Kier molecular flexibility index (Phi) is 3.83. The van der Waals surface area contributed by atoms with Crippen LogP contribution in [0.15, 0.2) is 54.9 Å². The van der Waals surface area contributed by atoms with Crippen molar-refractivity contribution in [2.45, 2.75) is 13.5 Å². The molecule has 0 saturated heterocycles. The van der Waals surface area contributed by atoms with E-state index in [9.17, 15) is 4.79 Å². The minimum absolute atomic E-state index is 0.0708. The maximum atomic E-state index is 12.4. The summed E-state index contributed by atoms with van der Waals surface area (Å²) < 4.78 is 0. The SMILES string of the molecule is Cc1cccc(C(=O)N(C)Cc2ccc3cnccc3c2)n1. The van der Waals surface area contributed by atoms with E-state index in [-0.39, 0.29) is 5.91 Å². The van der Waals surface area contributed by atoms with Crippen molar-refractivity contribution in [1.29, 1.82) is 0 Å². The highest BCUT2D eigenvalue weighted by Crippen LogP contribution is 2.16. The minimum atomic E-state index is -0.0708. The average molecular weight is 291 g/mol. The van der Waals surface area contributed by atoms with E-state index in [0.717, 1.165) is 22.0 Å². The predicted octanol–water partition coefficient (Wildman–Crippen LogP) is 3.21. The quantitative estimate of drug-likeness (QED) is 0.744. The first-order valence-corrected chi connectivity index (χ1v) is 7.15. The molecule has 0 bridgehead atoms. The summed E-state index contributed by atoms with van der Waals surface area (Å²) in [6, 6.07) is 13.6. The van der Waals surface area contributed by atoms with Crippen molar-refractivity contribution >= 4 is 16.7 Å². The van der Waals surface area contributed by atoms with Crippen LogP contribution in [0, 0.1) is 6.92 Å². The highest BCUT2D eigenvalue weighted by atomic mass is 16.2. The van der Waals surface area contributed by atoms with E-state index in [2.05, 4.69) is 16.0 Å². The molecule has 0 N–H and O–H groups in total. The zero-order chi connectivity index (χ0) is 15.5. The summed E-state index contributed by atoms with van der Waals surface area (Å²) in [4.78, 5) is 22.5. The number of amides is 1. The molecule has 110 valence electrons. The molecule has 0 spiro atoms. The molecule has 2 heterocycles. The van der Waals surface area contributed by atoms with Crippen LogP contribution in [-0.4, -0.2) is 27.8 Å². The van der Waals surface area contributed by atoms with Gasteiger partial charge in [-0.05, 0) is 42.1 Å². The molecule has 0 aliphatic heterocycles. The molecule has 3 aromatic rings. The van der Waals surface area contributed by atoms with Crippen molar-refractivity contribution in [3.8, 4) is 0 Å². The van der Waals surface area contributed by atoms with Crippen LogP contribution in [0.3, 0.4) is 0 Å². The maximum Gasteiger partial charge on any atom is 0.272 e. The molecule has 0 atom stereocenters. The van der Waals surface area contributed by atoms with Crippen LogP contribution in [0.1, 0.15) is 21.7 Å². The van der Waals surface area contributed by atoms with Gasteiger partial charge >= 0.3 is 0 Å². The van der Waals surface area contributed by atoms with Gasteiger partial charge in [-0.15, -0.1) is 0 Å². The van der Waals surface area contributed by atoms with Crippen molar-refractivity contribution < 1.29 is 4.79 Å². The average Bonchev–Trinajstić information content (AvgIpc) is 2.54. The largest absolute Gasteiger partial charge is 0.336 e. The Bertz CT molecular complexity index is 829. The van der Waals surface area contributed by atoms with Gasteiger partial charge in [-0.25, -0.2) is 4.98 Å². The van der Waals surface area contributed by atoms with E-state index < -0.39 is 0 Å². The van der Waals surface area contributed by atoms with Gasteiger partial charge in [0.05, 0.1) is 0 Å². The Balaban J connectivity index is 1.80. The highest BCUT2D eigenvalue weighted by molar-refractivity contribution is 5.92. The van der Waals surface area contributed by atoms with E-state index in [1.807, 2.05) is 43.5 Å². The molecule has 22 heavy (non-hydrogen) atoms. The second-order valence-electron chi connectivity index (χ2n) is 5.38. The zero-order valence-corrected chi connectivity index (χ0v) is 12.7. The number of carbonyl (C=O) groups is 1. The Morgan fingerprint density at radius 3 is 2.82 bits per heavy atom. The van der Waals surface area contributed by atoms with E-state index in [1.165, 1.54) is 0 Å². The fourth-order valence-electron chi connectivity index (χ4n) is 2.43. The lowest BCUT2D eigenvalue weighted by molar-refractivity contribution is 0.0779.